The average molecular weight is 534 g/mol. The molecule has 0 saturated carbocycles. The van der Waals surface area contributed by atoms with Crippen LogP contribution in [-0.4, -0.2) is 22.6 Å². The molecule has 0 aliphatic heterocycles. The summed E-state index contributed by atoms with van der Waals surface area (Å²) in [6.45, 7) is 2.80. The number of benzene rings is 1. The fraction of sp³-hybridized carbons (Fsp3) is 0.417. The first kappa shape index (κ1) is 16.7. The van der Waals surface area contributed by atoms with Gasteiger partial charge in [0.2, 0.25) is 5.95 Å². The first-order valence-corrected chi connectivity index (χ1v) is 9.35. The number of halogens is 4. The van der Waals surface area contributed by atoms with Gasteiger partial charge in [0.1, 0.15) is 5.52 Å². The van der Waals surface area contributed by atoms with E-state index in [9.17, 15) is 0 Å². The van der Waals surface area contributed by atoms with Crippen molar-refractivity contribution in [3.8, 4) is 0 Å². The van der Waals surface area contributed by atoms with E-state index in [0.29, 0.717) is 12.6 Å². The molecule has 4 N–H and O–H groups in total. The molecule has 0 aliphatic rings. The highest BCUT2D eigenvalue weighted by Crippen LogP contribution is 2.42. The summed E-state index contributed by atoms with van der Waals surface area (Å²) in [7, 11) is 0. The standard InChI is InChI=1S/C12H14Br4N4/c1-2-5(3-4-17)18-12-19-10-8(15)6(13)7(14)9(16)11(10)20-12/h5H,2-4,17H2,1H3,(H2,18,19,20). The smallest absolute Gasteiger partial charge is 0.201 e. The number of nitrogens with zero attached hydrogens (tertiary/aromatic N) is 1. The first-order valence-electron chi connectivity index (χ1n) is 6.17. The Kier molecular flexibility index (Phi) is 5.93. The van der Waals surface area contributed by atoms with Gasteiger partial charge in [-0.15, -0.1) is 0 Å². The molecular weight excluding hydrogens is 520 g/mol. The summed E-state index contributed by atoms with van der Waals surface area (Å²) in [6.07, 6.45) is 1.92. The maximum absolute atomic E-state index is 5.62. The van der Waals surface area contributed by atoms with E-state index in [0.717, 1.165) is 47.7 Å². The van der Waals surface area contributed by atoms with Crippen LogP contribution < -0.4 is 11.1 Å². The number of aromatic amines is 1. The van der Waals surface area contributed by atoms with Crippen molar-refractivity contribution in [3.05, 3.63) is 17.9 Å². The first-order chi connectivity index (χ1) is 9.49. The van der Waals surface area contributed by atoms with Crippen LogP contribution in [0.4, 0.5) is 5.95 Å². The zero-order valence-electron chi connectivity index (χ0n) is 10.7. The van der Waals surface area contributed by atoms with Gasteiger partial charge in [0.15, 0.2) is 0 Å². The third kappa shape index (κ3) is 3.24. The van der Waals surface area contributed by atoms with Gasteiger partial charge in [0.25, 0.3) is 0 Å². The molecule has 0 fully saturated rings. The second-order valence-corrected chi connectivity index (χ2v) is 7.56. The molecule has 1 unspecified atom stereocenters. The fourth-order valence-corrected chi connectivity index (χ4v) is 4.22. The van der Waals surface area contributed by atoms with Crippen LogP contribution in [0.1, 0.15) is 19.8 Å². The Balaban J connectivity index is 2.43. The monoisotopic (exact) mass is 530 g/mol. The van der Waals surface area contributed by atoms with Gasteiger partial charge in [0, 0.05) is 15.0 Å². The molecule has 0 spiro atoms. The molecule has 2 rings (SSSR count). The lowest BCUT2D eigenvalue weighted by Gasteiger charge is -2.14. The molecule has 1 heterocycles. The number of nitrogens with one attached hydrogen (secondary N) is 2. The minimum Gasteiger partial charge on any atom is -0.353 e. The molecule has 20 heavy (non-hydrogen) atoms. The Bertz CT molecular complexity index is 581. The summed E-state index contributed by atoms with van der Waals surface area (Å²) in [5.41, 5.74) is 7.44. The lowest BCUT2D eigenvalue weighted by atomic mass is 10.1. The maximum atomic E-state index is 5.62. The van der Waals surface area contributed by atoms with E-state index in [2.05, 4.69) is 85.9 Å². The predicted octanol–water partition coefficient (Wildman–Crippen LogP) is 5.15. The van der Waals surface area contributed by atoms with Crippen LogP contribution >= 0.6 is 63.7 Å². The van der Waals surface area contributed by atoms with Gasteiger partial charge in [-0.2, -0.15) is 0 Å². The quantitative estimate of drug-likeness (QED) is 0.368. The fourth-order valence-electron chi connectivity index (χ4n) is 1.94. The normalized spacial score (nSPS) is 12.9. The van der Waals surface area contributed by atoms with Crippen LogP contribution in [0, 0.1) is 0 Å². The Hall–Kier alpha value is 0.370. The van der Waals surface area contributed by atoms with E-state index >= 15 is 0 Å². The molecule has 0 radical (unpaired) electrons. The van der Waals surface area contributed by atoms with Crippen molar-refractivity contribution in [2.45, 2.75) is 25.8 Å². The number of H-pyrrole nitrogens is 1. The molecule has 1 aromatic heterocycles. The van der Waals surface area contributed by atoms with Crippen LogP contribution in [-0.2, 0) is 0 Å². The number of hydrogen-bond donors (Lipinski definition) is 3. The van der Waals surface area contributed by atoms with Crippen molar-refractivity contribution in [3.63, 3.8) is 0 Å². The number of imidazole rings is 1. The molecule has 0 saturated heterocycles. The SMILES string of the molecule is CCC(CCN)Nc1nc2c(Br)c(Br)c(Br)c(Br)c2[nH]1. The maximum Gasteiger partial charge on any atom is 0.201 e. The summed E-state index contributed by atoms with van der Waals surface area (Å²) < 4.78 is 3.73. The molecule has 110 valence electrons. The van der Waals surface area contributed by atoms with E-state index in [4.69, 9.17) is 5.73 Å². The van der Waals surface area contributed by atoms with Gasteiger partial charge in [0.05, 0.1) is 14.5 Å². The van der Waals surface area contributed by atoms with E-state index in [1.165, 1.54) is 0 Å². The Morgan fingerprint density at radius 3 is 2.40 bits per heavy atom. The predicted molar refractivity (Wildman–Crippen MR) is 98.3 cm³/mol. The third-order valence-corrected chi connectivity index (χ3v) is 7.81. The lowest BCUT2D eigenvalue weighted by Crippen LogP contribution is -2.22. The minimum atomic E-state index is 0.324. The Morgan fingerprint density at radius 2 is 1.80 bits per heavy atom. The lowest BCUT2D eigenvalue weighted by molar-refractivity contribution is 0.638. The van der Waals surface area contributed by atoms with Crippen molar-refractivity contribution in [1.82, 2.24) is 9.97 Å². The highest BCUT2D eigenvalue weighted by Gasteiger charge is 2.18. The largest absolute Gasteiger partial charge is 0.353 e. The van der Waals surface area contributed by atoms with Gasteiger partial charge in [-0.05, 0) is 83.1 Å². The Morgan fingerprint density at radius 1 is 1.15 bits per heavy atom. The second kappa shape index (κ2) is 7.09. The third-order valence-electron chi connectivity index (χ3n) is 3.06. The molecule has 8 heteroatoms. The van der Waals surface area contributed by atoms with Gasteiger partial charge in [-0.3, -0.25) is 0 Å². The van der Waals surface area contributed by atoms with Crippen molar-refractivity contribution in [2.75, 3.05) is 11.9 Å². The molecule has 4 nitrogen and oxygen atoms in total. The number of nitrogens with two attached hydrogens (primary N) is 1. The van der Waals surface area contributed by atoms with Crippen LogP contribution in [0.5, 0.6) is 0 Å². The topological polar surface area (TPSA) is 66.7 Å². The van der Waals surface area contributed by atoms with Crippen molar-refractivity contribution in [2.24, 2.45) is 5.73 Å². The number of anilines is 1. The number of aromatic nitrogens is 2. The van der Waals surface area contributed by atoms with Crippen LogP contribution in [0.2, 0.25) is 0 Å². The van der Waals surface area contributed by atoms with E-state index < -0.39 is 0 Å². The molecule has 2 aromatic rings. The second-order valence-electron chi connectivity index (χ2n) is 4.39. The van der Waals surface area contributed by atoms with Gasteiger partial charge in [-0.1, -0.05) is 6.92 Å². The van der Waals surface area contributed by atoms with Gasteiger partial charge in [-0.25, -0.2) is 4.98 Å². The van der Waals surface area contributed by atoms with Crippen LogP contribution in [0.15, 0.2) is 17.9 Å². The summed E-state index contributed by atoms with van der Waals surface area (Å²) in [4.78, 5) is 7.92. The van der Waals surface area contributed by atoms with E-state index in [-0.39, 0.29) is 0 Å². The van der Waals surface area contributed by atoms with E-state index in [1.54, 1.807) is 0 Å². The number of hydrogen-bond acceptors (Lipinski definition) is 3. The zero-order chi connectivity index (χ0) is 14.9. The molecule has 0 bridgehead atoms. The number of rotatable bonds is 5. The highest BCUT2D eigenvalue weighted by molar-refractivity contribution is 9.15. The molecule has 0 amide bonds. The summed E-state index contributed by atoms with van der Waals surface area (Å²) >= 11 is 14.2. The Labute approximate surface area is 151 Å². The molecule has 0 aliphatic carbocycles. The van der Waals surface area contributed by atoms with Crippen molar-refractivity contribution < 1.29 is 0 Å². The highest BCUT2D eigenvalue weighted by atomic mass is 79.9. The minimum absolute atomic E-state index is 0.324. The summed E-state index contributed by atoms with van der Waals surface area (Å²) in [6, 6.07) is 0.324. The number of fused-ring (bicyclic) bond motifs is 1. The summed E-state index contributed by atoms with van der Waals surface area (Å²) in [5, 5.41) is 3.39. The summed E-state index contributed by atoms with van der Waals surface area (Å²) in [5.74, 6) is 0.756. The van der Waals surface area contributed by atoms with Crippen LogP contribution in [0.3, 0.4) is 0 Å². The van der Waals surface area contributed by atoms with Crippen molar-refractivity contribution in [1.29, 1.82) is 0 Å². The molecule has 1 atom stereocenters. The molecule has 1 aromatic carbocycles. The zero-order valence-corrected chi connectivity index (χ0v) is 17.1. The van der Waals surface area contributed by atoms with Gasteiger partial charge < -0.3 is 16.0 Å². The van der Waals surface area contributed by atoms with Crippen molar-refractivity contribution >= 4 is 80.7 Å². The van der Waals surface area contributed by atoms with Gasteiger partial charge >= 0.3 is 0 Å². The van der Waals surface area contributed by atoms with E-state index in [1.807, 2.05) is 0 Å². The molecular formula is C12H14Br4N4. The van der Waals surface area contributed by atoms with Crippen LogP contribution in [0.25, 0.3) is 11.0 Å². The average Bonchev–Trinajstić information content (AvgIpc) is 2.86.